The van der Waals surface area contributed by atoms with Gasteiger partial charge >= 0.3 is 0 Å². The number of aromatic nitrogens is 1. The van der Waals surface area contributed by atoms with Crippen LogP contribution in [-0.4, -0.2) is 22.6 Å². The van der Waals surface area contributed by atoms with Gasteiger partial charge in [0.05, 0.1) is 0 Å². The molecule has 1 heterocycles. The van der Waals surface area contributed by atoms with Crippen LogP contribution in [-0.2, 0) is 11.2 Å². The fourth-order valence-electron chi connectivity index (χ4n) is 1.88. The van der Waals surface area contributed by atoms with Crippen molar-refractivity contribution < 1.29 is 9.90 Å². The van der Waals surface area contributed by atoms with E-state index in [1.54, 1.807) is 0 Å². The van der Waals surface area contributed by atoms with Crippen molar-refractivity contribution >= 4 is 11.7 Å². The molecule has 18 heavy (non-hydrogen) atoms. The highest BCUT2D eigenvalue weighted by atomic mass is 16.2. The van der Waals surface area contributed by atoms with Crippen LogP contribution in [0, 0.1) is 6.92 Å². The van der Waals surface area contributed by atoms with Gasteiger partial charge in [-0.15, -0.1) is 0 Å². The fraction of sp³-hybridized carbons (Fsp3) is 0.571. The second-order valence-corrected chi connectivity index (χ2v) is 4.51. The Hall–Kier alpha value is -1.42. The summed E-state index contributed by atoms with van der Waals surface area (Å²) in [6.45, 7) is 3.73. The maximum Gasteiger partial charge on any atom is 0.222 e. The number of aryl methyl sites for hydroxylation is 2. The van der Waals surface area contributed by atoms with Gasteiger partial charge in [-0.05, 0) is 37.8 Å². The molecule has 0 aliphatic rings. The lowest BCUT2D eigenvalue weighted by Crippen LogP contribution is -2.08. The van der Waals surface area contributed by atoms with Gasteiger partial charge in [0.25, 0.3) is 0 Å². The number of nitrogens with zero attached hydrogens (tertiary/aromatic N) is 1. The molecule has 0 fully saturated rings. The van der Waals surface area contributed by atoms with Crippen molar-refractivity contribution in [1.29, 1.82) is 0 Å². The molecule has 0 bridgehead atoms. The monoisotopic (exact) mass is 250 g/mol. The Balaban J connectivity index is 2.44. The number of aliphatic hydroxyl groups excluding tert-OH is 1. The number of amides is 1. The third-order valence-corrected chi connectivity index (χ3v) is 2.85. The standard InChI is InChI=1S/C14H22N2O2/c1-11-13(7-5-3-4-6-10-17)8-9-14(15-11)16-12(2)18/h8-9,17H,3-7,10H2,1-2H3,(H,15,16,18). The lowest BCUT2D eigenvalue weighted by molar-refractivity contribution is -0.114. The average Bonchev–Trinajstić information content (AvgIpc) is 2.30. The smallest absolute Gasteiger partial charge is 0.222 e. The SMILES string of the molecule is CC(=O)Nc1ccc(CCCCCCO)c(C)n1. The number of pyridine rings is 1. The van der Waals surface area contributed by atoms with E-state index in [0.29, 0.717) is 5.82 Å². The highest BCUT2D eigenvalue weighted by Gasteiger charge is 2.03. The molecule has 1 aromatic heterocycles. The van der Waals surface area contributed by atoms with Crippen LogP contribution in [0.2, 0.25) is 0 Å². The molecule has 0 saturated carbocycles. The van der Waals surface area contributed by atoms with Gasteiger partial charge in [0, 0.05) is 19.2 Å². The fourth-order valence-corrected chi connectivity index (χ4v) is 1.88. The number of aliphatic hydroxyl groups is 1. The number of unbranched alkanes of at least 4 members (excludes halogenated alkanes) is 3. The molecule has 0 radical (unpaired) electrons. The summed E-state index contributed by atoms with van der Waals surface area (Å²) in [5, 5.41) is 11.4. The Labute approximate surface area is 108 Å². The molecule has 0 aromatic carbocycles. The van der Waals surface area contributed by atoms with Crippen LogP contribution in [0.1, 0.15) is 43.9 Å². The van der Waals surface area contributed by atoms with Gasteiger partial charge in [-0.1, -0.05) is 18.9 Å². The second-order valence-electron chi connectivity index (χ2n) is 4.51. The van der Waals surface area contributed by atoms with Gasteiger partial charge in [-0.2, -0.15) is 0 Å². The first-order valence-electron chi connectivity index (χ1n) is 6.48. The molecule has 0 aliphatic heterocycles. The summed E-state index contributed by atoms with van der Waals surface area (Å²) in [4.78, 5) is 15.3. The highest BCUT2D eigenvalue weighted by molar-refractivity contribution is 5.87. The number of carbonyl (C=O) groups is 1. The molecule has 2 N–H and O–H groups in total. The largest absolute Gasteiger partial charge is 0.396 e. The first kappa shape index (κ1) is 14.6. The van der Waals surface area contributed by atoms with E-state index < -0.39 is 0 Å². The van der Waals surface area contributed by atoms with E-state index in [9.17, 15) is 4.79 Å². The predicted octanol–water partition coefficient (Wildman–Crippen LogP) is 2.44. The van der Waals surface area contributed by atoms with Gasteiger partial charge in [0.1, 0.15) is 5.82 Å². The maximum atomic E-state index is 10.9. The van der Waals surface area contributed by atoms with Crippen molar-refractivity contribution in [2.45, 2.75) is 46.0 Å². The van der Waals surface area contributed by atoms with Crippen LogP contribution in [0.4, 0.5) is 5.82 Å². The topological polar surface area (TPSA) is 62.2 Å². The third kappa shape index (κ3) is 5.27. The summed E-state index contributed by atoms with van der Waals surface area (Å²) >= 11 is 0. The van der Waals surface area contributed by atoms with Crippen LogP contribution in [0.25, 0.3) is 0 Å². The van der Waals surface area contributed by atoms with E-state index in [1.165, 1.54) is 12.5 Å². The van der Waals surface area contributed by atoms with Crippen molar-refractivity contribution in [3.8, 4) is 0 Å². The Morgan fingerprint density at radius 1 is 1.28 bits per heavy atom. The van der Waals surface area contributed by atoms with E-state index >= 15 is 0 Å². The molecule has 0 saturated heterocycles. The summed E-state index contributed by atoms with van der Waals surface area (Å²) in [6.07, 6.45) is 5.21. The third-order valence-electron chi connectivity index (χ3n) is 2.85. The van der Waals surface area contributed by atoms with Crippen LogP contribution >= 0.6 is 0 Å². The second kappa shape index (κ2) is 7.82. The Kier molecular flexibility index (Phi) is 6.36. The minimum atomic E-state index is -0.0985. The molecule has 4 heteroatoms. The summed E-state index contributed by atoms with van der Waals surface area (Å²) < 4.78 is 0. The van der Waals surface area contributed by atoms with Gasteiger partial charge in [-0.25, -0.2) is 4.98 Å². The van der Waals surface area contributed by atoms with Crippen molar-refractivity contribution in [1.82, 2.24) is 4.98 Å². The maximum absolute atomic E-state index is 10.9. The molecule has 100 valence electrons. The van der Waals surface area contributed by atoms with Crippen LogP contribution in [0.3, 0.4) is 0 Å². The summed E-state index contributed by atoms with van der Waals surface area (Å²) in [5.41, 5.74) is 2.21. The van der Waals surface area contributed by atoms with Crippen molar-refractivity contribution in [3.63, 3.8) is 0 Å². The van der Waals surface area contributed by atoms with Crippen molar-refractivity contribution in [3.05, 3.63) is 23.4 Å². The quantitative estimate of drug-likeness (QED) is 0.731. The molecule has 0 unspecified atom stereocenters. The Bertz CT molecular complexity index is 391. The summed E-state index contributed by atoms with van der Waals surface area (Å²) in [6, 6.07) is 3.87. The number of rotatable bonds is 7. The minimum absolute atomic E-state index is 0.0985. The molecule has 0 spiro atoms. The van der Waals surface area contributed by atoms with Gasteiger partial charge in [0.15, 0.2) is 0 Å². The Morgan fingerprint density at radius 3 is 2.61 bits per heavy atom. The number of anilines is 1. The van der Waals surface area contributed by atoms with E-state index in [1.807, 2.05) is 19.1 Å². The summed E-state index contributed by atoms with van der Waals surface area (Å²) in [7, 11) is 0. The average molecular weight is 250 g/mol. The zero-order valence-electron chi connectivity index (χ0n) is 11.2. The number of hydrogen-bond donors (Lipinski definition) is 2. The number of hydrogen-bond acceptors (Lipinski definition) is 3. The van der Waals surface area contributed by atoms with E-state index in [2.05, 4.69) is 10.3 Å². The zero-order chi connectivity index (χ0) is 13.4. The van der Waals surface area contributed by atoms with Crippen molar-refractivity contribution in [2.24, 2.45) is 0 Å². The van der Waals surface area contributed by atoms with Crippen molar-refractivity contribution in [2.75, 3.05) is 11.9 Å². The number of carbonyl (C=O) groups excluding carboxylic acids is 1. The lowest BCUT2D eigenvalue weighted by Gasteiger charge is -2.08. The molecule has 0 aliphatic carbocycles. The van der Waals surface area contributed by atoms with E-state index in [4.69, 9.17) is 5.11 Å². The molecule has 4 nitrogen and oxygen atoms in total. The molecule has 1 rings (SSSR count). The highest BCUT2D eigenvalue weighted by Crippen LogP contribution is 2.14. The predicted molar refractivity (Wildman–Crippen MR) is 72.5 cm³/mol. The minimum Gasteiger partial charge on any atom is -0.396 e. The Morgan fingerprint density at radius 2 is 2.00 bits per heavy atom. The zero-order valence-corrected chi connectivity index (χ0v) is 11.2. The van der Waals surface area contributed by atoms with Gasteiger partial charge < -0.3 is 10.4 Å². The molecule has 1 amide bonds. The van der Waals surface area contributed by atoms with Crippen LogP contribution in [0.5, 0.6) is 0 Å². The van der Waals surface area contributed by atoms with E-state index in [0.717, 1.165) is 37.8 Å². The molecule has 0 atom stereocenters. The number of nitrogens with one attached hydrogen (secondary N) is 1. The molecular formula is C14H22N2O2. The van der Waals surface area contributed by atoms with Gasteiger partial charge in [0.2, 0.25) is 5.91 Å². The first-order chi connectivity index (χ1) is 8.63. The normalized spacial score (nSPS) is 10.4. The molecular weight excluding hydrogens is 228 g/mol. The van der Waals surface area contributed by atoms with E-state index in [-0.39, 0.29) is 12.5 Å². The van der Waals surface area contributed by atoms with Crippen LogP contribution in [0.15, 0.2) is 12.1 Å². The van der Waals surface area contributed by atoms with Crippen LogP contribution < -0.4 is 5.32 Å². The summed E-state index contributed by atoms with van der Waals surface area (Å²) in [5.74, 6) is 0.516. The molecule has 1 aromatic rings. The van der Waals surface area contributed by atoms with Gasteiger partial charge in [-0.3, -0.25) is 4.79 Å². The first-order valence-corrected chi connectivity index (χ1v) is 6.48. The lowest BCUT2D eigenvalue weighted by atomic mass is 10.1.